The molecule has 0 unspecified atom stereocenters. The Hall–Kier alpha value is -3.30. The molecule has 4 aromatic rings. The van der Waals surface area contributed by atoms with Gasteiger partial charge in [-0.1, -0.05) is 69.1 Å². The average Bonchev–Trinajstić information content (AvgIpc) is 3.04. The van der Waals surface area contributed by atoms with Crippen LogP contribution in [-0.4, -0.2) is 10.9 Å². The Labute approximate surface area is 243 Å². The molecule has 5 nitrogen and oxygen atoms in total. The fourth-order valence-electron chi connectivity index (χ4n) is 4.08. The SMILES string of the molecule is Cc1ccc(N=NC2=C3Sc4ccccc4N=C2N(c2ccc(Br)cc2)C(=S)N3c2ccc(Cl)cc2)cc1. The van der Waals surface area contributed by atoms with Crippen molar-refractivity contribution in [3.05, 3.63) is 123 Å². The Balaban J connectivity index is 1.61. The van der Waals surface area contributed by atoms with Crippen molar-refractivity contribution >= 4 is 85.2 Å². The molecule has 0 aromatic heterocycles. The summed E-state index contributed by atoms with van der Waals surface area (Å²) in [4.78, 5) is 10.1. The Morgan fingerprint density at radius 1 is 0.816 bits per heavy atom. The van der Waals surface area contributed by atoms with E-state index in [1.165, 1.54) is 0 Å². The van der Waals surface area contributed by atoms with Crippen LogP contribution < -0.4 is 9.80 Å². The Morgan fingerprint density at radius 2 is 1.47 bits per heavy atom. The minimum Gasteiger partial charge on any atom is -0.278 e. The summed E-state index contributed by atoms with van der Waals surface area (Å²) in [6.45, 7) is 2.05. The number of hydrogen-bond acceptors (Lipinski definition) is 5. The number of para-hydroxylation sites is 1. The second-order valence-corrected chi connectivity index (χ2v) is 11.3. The maximum Gasteiger partial charge on any atom is 0.191 e. The van der Waals surface area contributed by atoms with E-state index in [0.717, 1.165) is 42.7 Å². The van der Waals surface area contributed by atoms with E-state index in [2.05, 4.69) is 27.1 Å². The largest absolute Gasteiger partial charge is 0.278 e. The molecule has 0 spiro atoms. The first-order chi connectivity index (χ1) is 18.5. The number of nitrogens with zero attached hydrogens (tertiary/aromatic N) is 5. The highest BCUT2D eigenvalue weighted by molar-refractivity contribution is 9.10. The molecule has 0 radical (unpaired) electrons. The minimum atomic E-state index is 0.554. The van der Waals surface area contributed by atoms with Gasteiger partial charge < -0.3 is 0 Å². The summed E-state index contributed by atoms with van der Waals surface area (Å²) >= 11 is 17.5. The Kier molecular flexibility index (Phi) is 6.88. The third-order valence-electron chi connectivity index (χ3n) is 5.98. The van der Waals surface area contributed by atoms with E-state index in [-0.39, 0.29) is 0 Å². The molecule has 2 aliphatic rings. The first-order valence-electron chi connectivity index (χ1n) is 11.7. The number of anilines is 2. The van der Waals surface area contributed by atoms with Crippen LogP contribution in [0.1, 0.15) is 5.56 Å². The lowest BCUT2D eigenvalue weighted by molar-refractivity contribution is 1.11. The van der Waals surface area contributed by atoms with Gasteiger partial charge in [0, 0.05) is 20.1 Å². The fourth-order valence-corrected chi connectivity index (χ4v) is 6.01. The van der Waals surface area contributed by atoms with E-state index in [9.17, 15) is 0 Å². The van der Waals surface area contributed by atoms with Gasteiger partial charge in [0.25, 0.3) is 0 Å². The zero-order valence-corrected chi connectivity index (χ0v) is 24.0. The number of aryl methyl sites for hydroxylation is 1. The van der Waals surface area contributed by atoms with Crippen LogP contribution in [0.15, 0.2) is 132 Å². The molecule has 186 valence electrons. The predicted molar refractivity (Wildman–Crippen MR) is 165 cm³/mol. The maximum atomic E-state index is 6.25. The van der Waals surface area contributed by atoms with E-state index in [1.807, 2.05) is 108 Å². The monoisotopic (exact) mass is 615 g/mol. The van der Waals surface area contributed by atoms with Gasteiger partial charge in [-0.2, -0.15) is 5.11 Å². The topological polar surface area (TPSA) is 43.6 Å². The normalized spacial score (nSPS) is 15.0. The number of thioether (sulfide) groups is 1. The van der Waals surface area contributed by atoms with Gasteiger partial charge in [0.15, 0.2) is 16.6 Å². The van der Waals surface area contributed by atoms with Crippen LogP contribution in [0.25, 0.3) is 0 Å². The van der Waals surface area contributed by atoms with Crippen molar-refractivity contribution in [2.45, 2.75) is 11.8 Å². The maximum absolute atomic E-state index is 6.25. The lowest BCUT2D eigenvalue weighted by Gasteiger charge is -2.39. The number of thiocarbonyl (C=S) groups is 1. The van der Waals surface area contributed by atoms with Gasteiger partial charge in [-0.3, -0.25) is 9.80 Å². The molecule has 0 saturated heterocycles. The fraction of sp³-hybridized carbons (Fsp3) is 0.0345. The number of benzene rings is 4. The van der Waals surface area contributed by atoms with Gasteiger partial charge in [0.05, 0.1) is 17.1 Å². The molecule has 0 fully saturated rings. The summed E-state index contributed by atoms with van der Waals surface area (Å²) in [6.07, 6.45) is 0. The lowest BCUT2D eigenvalue weighted by Crippen LogP contribution is -2.50. The van der Waals surface area contributed by atoms with Crippen LogP contribution in [0.2, 0.25) is 5.02 Å². The van der Waals surface area contributed by atoms with Gasteiger partial charge in [-0.25, -0.2) is 4.99 Å². The molecular formula is C29H19BrClN5S2. The minimum absolute atomic E-state index is 0.554. The molecule has 0 amide bonds. The highest BCUT2D eigenvalue weighted by Gasteiger charge is 2.39. The Morgan fingerprint density at radius 3 is 2.21 bits per heavy atom. The molecule has 2 bridgehead atoms. The van der Waals surface area contributed by atoms with Crippen molar-refractivity contribution in [1.29, 1.82) is 0 Å². The van der Waals surface area contributed by atoms with Gasteiger partial charge in [0.1, 0.15) is 5.03 Å². The number of hydrogen-bond donors (Lipinski definition) is 0. The standard InChI is InChI=1S/C29H19BrClN5S2/c1-18-6-12-21(13-7-18)33-34-26-27-32-24-4-2-3-5-25(24)38-28(26)36(23-16-10-20(31)11-17-23)29(37)35(27)22-14-8-19(30)9-15-22/h2-17H,1H3. The molecule has 4 aromatic carbocycles. The van der Waals surface area contributed by atoms with E-state index in [4.69, 9.17) is 33.9 Å². The molecule has 0 atom stereocenters. The zero-order chi connectivity index (χ0) is 26.2. The first kappa shape index (κ1) is 25.0. The van der Waals surface area contributed by atoms with Gasteiger partial charge in [0.2, 0.25) is 0 Å². The number of fused-ring (bicyclic) bond motifs is 2. The highest BCUT2D eigenvalue weighted by Crippen LogP contribution is 2.47. The second-order valence-electron chi connectivity index (χ2n) is 8.60. The molecule has 0 N–H and O–H groups in total. The average molecular weight is 617 g/mol. The van der Waals surface area contributed by atoms with Gasteiger partial charge in [-0.15, -0.1) is 5.11 Å². The van der Waals surface area contributed by atoms with Crippen molar-refractivity contribution in [3.8, 4) is 0 Å². The predicted octanol–water partition coefficient (Wildman–Crippen LogP) is 9.81. The molecule has 2 aliphatic heterocycles. The van der Waals surface area contributed by atoms with Crippen molar-refractivity contribution in [1.82, 2.24) is 0 Å². The summed E-state index contributed by atoms with van der Waals surface area (Å²) in [5.41, 5.74) is 5.11. The van der Waals surface area contributed by atoms with Crippen LogP contribution in [0, 0.1) is 6.92 Å². The summed E-state index contributed by atoms with van der Waals surface area (Å²) in [6, 6.07) is 31.6. The molecule has 0 aliphatic carbocycles. The van der Waals surface area contributed by atoms with Crippen molar-refractivity contribution < 1.29 is 0 Å². The smallest absolute Gasteiger partial charge is 0.191 e. The van der Waals surface area contributed by atoms with E-state index >= 15 is 0 Å². The van der Waals surface area contributed by atoms with Gasteiger partial charge >= 0.3 is 0 Å². The summed E-state index contributed by atoms with van der Waals surface area (Å²) in [5.74, 6) is 0.617. The number of amidine groups is 1. The number of azo groups is 1. The molecule has 0 saturated carbocycles. The summed E-state index contributed by atoms with van der Waals surface area (Å²) in [5, 5.41) is 11.4. The molecule has 9 heteroatoms. The number of halogens is 2. The number of rotatable bonds is 4. The molecule has 2 heterocycles. The quantitative estimate of drug-likeness (QED) is 0.169. The zero-order valence-electron chi connectivity index (χ0n) is 20.0. The Bertz CT molecular complexity index is 1630. The first-order valence-corrected chi connectivity index (χ1v) is 14.1. The molecule has 6 rings (SSSR count). The third-order valence-corrected chi connectivity index (χ3v) is 8.26. The third kappa shape index (κ3) is 4.80. The second kappa shape index (κ2) is 10.5. The van der Waals surface area contributed by atoms with Crippen LogP contribution in [-0.2, 0) is 0 Å². The van der Waals surface area contributed by atoms with E-state index in [1.54, 1.807) is 11.8 Å². The number of aliphatic imine (C=N–C) groups is 1. The van der Waals surface area contributed by atoms with Crippen LogP contribution in [0.4, 0.5) is 22.7 Å². The van der Waals surface area contributed by atoms with Crippen molar-refractivity contribution in [2.75, 3.05) is 9.80 Å². The van der Waals surface area contributed by atoms with E-state index < -0.39 is 0 Å². The summed E-state index contributed by atoms with van der Waals surface area (Å²) < 4.78 is 0.970. The summed E-state index contributed by atoms with van der Waals surface area (Å²) in [7, 11) is 0. The molecular weight excluding hydrogens is 598 g/mol. The molecule has 38 heavy (non-hydrogen) atoms. The van der Waals surface area contributed by atoms with Crippen LogP contribution in [0.5, 0.6) is 0 Å². The van der Waals surface area contributed by atoms with Crippen molar-refractivity contribution in [3.63, 3.8) is 0 Å². The van der Waals surface area contributed by atoms with E-state index in [0.29, 0.717) is 21.7 Å². The van der Waals surface area contributed by atoms with Crippen LogP contribution >= 0.6 is 51.5 Å². The lowest BCUT2D eigenvalue weighted by atomic mass is 10.2. The highest BCUT2D eigenvalue weighted by atomic mass is 79.9. The van der Waals surface area contributed by atoms with Crippen LogP contribution in [0.3, 0.4) is 0 Å². The van der Waals surface area contributed by atoms with Crippen molar-refractivity contribution in [2.24, 2.45) is 15.2 Å². The van der Waals surface area contributed by atoms with Gasteiger partial charge in [-0.05, 0) is 91.9 Å².